The highest BCUT2D eigenvalue weighted by Gasteiger charge is 2.49. The minimum absolute atomic E-state index is 0.0141. The summed E-state index contributed by atoms with van der Waals surface area (Å²) in [6, 6.07) is 9.97. The van der Waals surface area contributed by atoms with E-state index in [9.17, 15) is 40.3 Å². The lowest BCUT2D eigenvalue weighted by molar-refractivity contribution is -0.385. The smallest absolute Gasteiger partial charge is 0.384 e. The fourth-order valence-corrected chi connectivity index (χ4v) is 4.85. The average Bonchev–Trinajstić information content (AvgIpc) is 3.18. The molecule has 2 aromatic carbocycles. The first-order valence-electron chi connectivity index (χ1n) is 13.7. The van der Waals surface area contributed by atoms with E-state index < -0.39 is 50.3 Å². The highest BCUT2D eigenvalue weighted by molar-refractivity contribution is 5.64. The van der Waals surface area contributed by atoms with Crippen LogP contribution in [0.15, 0.2) is 66.4 Å². The van der Waals surface area contributed by atoms with Crippen molar-refractivity contribution in [2.75, 3.05) is 0 Å². The number of nitro benzene ring substituents is 2. The number of hydrogen-bond donors (Lipinski definition) is 0. The molecule has 0 atom stereocenters. The largest absolute Gasteiger partial charge is 0.613 e. The van der Waals surface area contributed by atoms with Gasteiger partial charge in [0, 0.05) is 49.5 Å². The highest BCUT2D eigenvalue weighted by Crippen LogP contribution is 2.46. The fourth-order valence-electron chi connectivity index (χ4n) is 4.85. The third-order valence-electron chi connectivity index (χ3n) is 7.47. The summed E-state index contributed by atoms with van der Waals surface area (Å²) in [4.78, 5) is 48.5. The van der Waals surface area contributed by atoms with Gasteiger partial charge in [-0.05, 0) is 26.0 Å². The summed E-state index contributed by atoms with van der Waals surface area (Å²) >= 11 is 0. The number of rotatable bonds is 2. The minimum Gasteiger partial charge on any atom is -0.384 e. The predicted octanol–water partition coefficient (Wildman–Crippen LogP) is 4.95. The quantitative estimate of drug-likeness (QED) is 0.203. The topological polar surface area (TPSA) is 264 Å². The van der Waals surface area contributed by atoms with Gasteiger partial charge in [-0.3, -0.25) is 39.0 Å². The molecule has 0 N–H and O–H groups in total. The van der Waals surface area contributed by atoms with Crippen molar-refractivity contribution in [2.45, 2.75) is 20.0 Å². The van der Waals surface area contributed by atoms with Crippen molar-refractivity contribution in [3.63, 3.8) is 0 Å². The van der Waals surface area contributed by atoms with Crippen LogP contribution in [0.4, 0.5) is 34.1 Å². The van der Waals surface area contributed by atoms with Gasteiger partial charge in [-0.2, -0.15) is 10.5 Å². The first-order chi connectivity index (χ1) is 23.3. The Morgan fingerprint density at radius 2 is 1.08 bits per heavy atom. The first-order valence-corrected chi connectivity index (χ1v) is 13.7. The second-order valence-corrected chi connectivity index (χ2v) is 10.4. The Morgan fingerprint density at radius 1 is 0.694 bits per heavy atom. The number of hydrogen-bond acceptors (Lipinski definition) is 16. The van der Waals surface area contributed by atoms with Gasteiger partial charge in [0.05, 0.1) is 9.85 Å². The standard InChI is InChI=1S/C29H18N10O10/c1-13-17(11-30)25(40)36(3)27-23(13)34-32-19-9-15(38(42)43)5-7-21(19)46-29(48-27)47-22-8-6-16(39(44)45)10-20(22)33-35-24-14(2)18(12-31)26(41)37(4)28(24)49-29/h5-10H,1-4H3. The summed E-state index contributed by atoms with van der Waals surface area (Å²) in [5.41, 5.74) is -4.24. The van der Waals surface area contributed by atoms with Crippen LogP contribution < -0.4 is 30.1 Å². The van der Waals surface area contributed by atoms with Gasteiger partial charge in [-0.1, -0.05) is 0 Å². The van der Waals surface area contributed by atoms with Crippen molar-refractivity contribution < 1.29 is 28.8 Å². The molecule has 0 saturated carbocycles. The van der Waals surface area contributed by atoms with Crippen LogP contribution in [-0.2, 0) is 14.1 Å². The van der Waals surface area contributed by atoms with E-state index in [1.54, 1.807) is 12.1 Å². The van der Waals surface area contributed by atoms with Gasteiger partial charge < -0.3 is 18.9 Å². The molecule has 0 radical (unpaired) electrons. The van der Waals surface area contributed by atoms with Crippen molar-refractivity contribution in [3.05, 3.63) is 99.6 Å². The SMILES string of the molecule is Cc1c2c(n(C)c(=O)c1C#N)OC1(Oc3ccc([N+](=O)[O-])cc3N=N2)Oc2ccc([N+](=O)[O-])cc2N=Nc2c(C)c(C#N)c(=O)n(C)c2O1. The van der Waals surface area contributed by atoms with Crippen LogP contribution >= 0.6 is 0 Å². The van der Waals surface area contributed by atoms with E-state index in [-0.39, 0.29) is 56.5 Å². The number of azo groups is 2. The second-order valence-electron chi connectivity index (χ2n) is 10.4. The zero-order valence-corrected chi connectivity index (χ0v) is 25.5. The molecule has 0 unspecified atom stereocenters. The minimum atomic E-state index is -3.00. The second kappa shape index (κ2) is 11.4. The van der Waals surface area contributed by atoms with Gasteiger partial charge in [-0.15, -0.1) is 20.5 Å². The van der Waals surface area contributed by atoms with Crippen molar-refractivity contribution in [1.29, 1.82) is 10.5 Å². The highest BCUT2D eigenvalue weighted by atomic mass is 17.0. The molecule has 4 aromatic rings. The number of pyridine rings is 2. The molecular weight excluding hydrogens is 648 g/mol. The van der Waals surface area contributed by atoms with E-state index in [0.29, 0.717) is 0 Å². The van der Waals surface area contributed by atoms with Crippen LogP contribution in [0, 0.1) is 56.7 Å². The van der Waals surface area contributed by atoms with Gasteiger partial charge in [0.25, 0.3) is 22.5 Å². The van der Waals surface area contributed by atoms with Crippen molar-refractivity contribution in [2.24, 2.45) is 34.6 Å². The van der Waals surface area contributed by atoms with E-state index >= 15 is 0 Å². The van der Waals surface area contributed by atoms with Crippen molar-refractivity contribution in [1.82, 2.24) is 9.13 Å². The zero-order chi connectivity index (χ0) is 35.4. The monoisotopic (exact) mass is 666 g/mol. The Morgan fingerprint density at radius 3 is 1.43 bits per heavy atom. The lowest BCUT2D eigenvalue weighted by Crippen LogP contribution is -2.55. The van der Waals surface area contributed by atoms with E-state index in [4.69, 9.17) is 18.9 Å². The Labute approximate surface area is 272 Å². The van der Waals surface area contributed by atoms with Crippen LogP contribution in [0.5, 0.6) is 23.3 Å². The predicted molar refractivity (Wildman–Crippen MR) is 162 cm³/mol. The van der Waals surface area contributed by atoms with Crippen LogP contribution in [0.1, 0.15) is 22.3 Å². The molecule has 20 heteroatoms. The van der Waals surface area contributed by atoms with E-state index in [1.807, 2.05) is 0 Å². The third kappa shape index (κ3) is 5.11. The first kappa shape index (κ1) is 31.5. The Balaban J connectivity index is 1.75. The molecule has 1 spiro atoms. The number of non-ortho nitro benzene ring substituents is 2. The lowest BCUT2D eigenvalue weighted by atomic mass is 10.1. The maximum Gasteiger partial charge on any atom is 0.613 e. The molecule has 0 aliphatic carbocycles. The van der Waals surface area contributed by atoms with E-state index in [2.05, 4.69) is 20.5 Å². The van der Waals surface area contributed by atoms with Gasteiger partial charge in [0.1, 0.15) is 34.6 Å². The van der Waals surface area contributed by atoms with Crippen LogP contribution in [0.25, 0.3) is 0 Å². The Hall–Kier alpha value is -7.48. The number of nitro groups is 2. The zero-order valence-electron chi connectivity index (χ0n) is 25.5. The molecule has 6 rings (SSSR count). The van der Waals surface area contributed by atoms with Crippen molar-refractivity contribution in [3.8, 4) is 35.4 Å². The van der Waals surface area contributed by atoms with Crippen LogP contribution in [-0.4, -0.2) is 25.1 Å². The van der Waals surface area contributed by atoms with Gasteiger partial charge in [-0.25, -0.2) is 0 Å². The maximum atomic E-state index is 13.3. The number of aromatic nitrogens is 2. The number of ether oxygens (including phenoxy) is 4. The molecule has 0 amide bonds. The Kier molecular flexibility index (Phi) is 7.33. The summed E-state index contributed by atoms with van der Waals surface area (Å²) in [5, 5.41) is 59.4. The molecule has 2 aliphatic rings. The molecule has 0 fully saturated rings. The molecule has 0 saturated heterocycles. The number of fused-ring (bicyclic) bond motifs is 4. The van der Waals surface area contributed by atoms with E-state index in [1.165, 1.54) is 27.9 Å². The molecular formula is C29H18N10O10. The Bertz CT molecular complexity index is 2270. The molecule has 2 aromatic heterocycles. The number of benzene rings is 2. The fraction of sp³-hybridized carbons (Fsp3) is 0.172. The molecule has 0 bridgehead atoms. The molecule has 4 heterocycles. The normalized spacial score (nSPS) is 15.6. The van der Waals surface area contributed by atoms with Gasteiger partial charge >= 0.3 is 6.16 Å². The molecule has 20 nitrogen and oxygen atoms in total. The summed E-state index contributed by atoms with van der Waals surface area (Å²) in [5.74, 6) is -1.53. The van der Waals surface area contributed by atoms with Gasteiger partial charge in [0.15, 0.2) is 22.9 Å². The number of nitrogens with zero attached hydrogens (tertiary/aromatic N) is 10. The summed E-state index contributed by atoms with van der Waals surface area (Å²) < 4.78 is 26.6. The molecule has 2 aliphatic heterocycles. The molecule has 244 valence electrons. The third-order valence-corrected chi connectivity index (χ3v) is 7.47. The molecule has 49 heavy (non-hydrogen) atoms. The van der Waals surface area contributed by atoms with Crippen molar-refractivity contribution >= 4 is 34.1 Å². The van der Waals surface area contributed by atoms with Crippen LogP contribution in [0.3, 0.4) is 0 Å². The van der Waals surface area contributed by atoms with Gasteiger partial charge in [0.2, 0.25) is 11.8 Å². The van der Waals surface area contributed by atoms with Crippen LogP contribution in [0.2, 0.25) is 0 Å². The number of nitriles is 2. The summed E-state index contributed by atoms with van der Waals surface area (Å²) in [6.45, 7) is 2.76. The lowest BCUT2D eigenvalue weighted by Gasteiger charge is -2.33. The van der Waals surface area contributed by atoms with E-state index in [0.717, 1.165) is 45.5 Å². The average molecular weight is 667 g/mol. The summed E-state index contributed by atoms with van der Waals surface area (Å²) in [7, 11) is 2.45. The maximum absolute atomic E-state index is 13.3. The summed E-state index contributed by atoms with van der Waals surface area (Å²) in [6.07, 6.45) is -3.00.